The van der Waals surface area contributed by atoms with E-state index in [2.05, 4.69) is 4.99 Å². The number of alkyl halides is 2. The molecule has 1 fully saturated rings. The van der Waals surface area contributed by atoms with Gasteiger partial charge in [-0.3, -0.25) is 10.1 Å². The summed E-state index contributed by atoms with van der Waals surface area (Å²) in [6.45, 7) is 1.29. The van der Waals surface area contributed by atoms with E-state index in [1.54, 1.807) is 0 Å². The van der Waals surface area contributed by atoms with Gasteiger partial charge < -0.3 is 10.5 Å². The number of amidine groups is 1. The molecule has 6 nitrogen and oxygen atoms in total. The highest BCUT2D eigenvalue weighted by molar-refractivity contribution is 5.74. The van der Waals surface area contributed by atoms with Gasteiger partial charge in [-0.15, -0.1) is 0 Å². The number of halogens is 3. The second-order valence-electron chi connectivity index (χ2n) is 5.43. The summed E-state index contributed by atoms with van der Waals surface area (Å²) in [4.78, 5) is 13.8. The molecule has 0 amide bonds. The third kappa shape index (κ3) is 1.92. The monoisotopic (exact) mass is 315 g/mol. The van der Waals surface area contributed by atoms with Gasteiger partial charge in [-0.05, 0) is 24.5 Å². The van der Waals surface area contributed by atoms with Crippen LogP contribution in [0.4, 0.5) is 18.9 Å². The number of non-ortho nitro benzene ring substituents is 1. The average Bonchev–Trinajstić information content (AvgIpc) is 3.19. The van der Waals surface area contributed by atoms with Crippen molar-refractivity contribution < 1.29 is 22.8 Å². The fourth-order valence-corrected chi connectivity index (χ4v) is 2.99. The zero-order chi connectivity index (χ0) is 16.2. The summed E-state index contributed by atoms with van der Waals surface area (Å²) in [5.74, 6) is -1.61. The first kappa shape index (κ1) is 14.6. The first-order chi connectivity index (χ1) is 10.3. The topological polar surface area (TPSA) is 90.8 Å². The minimum absolute atomic E-state index is 0.102. The number of hydrogen-bond acceptors (Lipinski definition) is 5. The van der Waals surface area contributed by atoms with Gasteiger partial charge in [-0.2, -0.15) is 0 Å². The molecule has 0 aromatic heterocycles. The molecule has 22 heavy (non-hydrogen) atoms. The molecule has 1 heterocycles. The van der Waals surface area contributed by atoms with Crippen molar-refractivity contribution in [3.63, 3.8) is 0 Å². The van der Waals surface area contributed by atoms with Crippen molar-refractivity contribution in [2.45, 2.75) is 31.4 Å². The molecular weight excluding hydrogens is 303 g/mol. The molecular formula is C13H12F3N3O3. The van der Waals surface area contributed by atoms with E-state index in [9.17, 15) is 23.3 Å². The summed E-state index contributed by atoms with van der Waals surface area (Å²) < 4.78 is 46.8. The molecule has 0 bridgehead atoms. The highest BCUT2D eigenvalue weighted by atomic mass is 19.3. The van der Waals surface area contributed by atoms with E-state index in [-0.39, 0.29) is 17.5 Å². The zero-order valence-electron chi connectivity index (χ0n) is 11.4. The van der Waals surface area contributed by atoms with Gasteiger partial charge in [-0.1, -0.05) is 0 Å². The smallest absolute Gasteiger partial charge is 0.283 e. The maximum atomic E-state index is 14.0. The number of nitrogens with two attached hydrogens (primary N) is 1. The SMILES string of the molecule is Cc1c(F)cc([N+](=O)[O-])cc1[C@@]1(C(F)F)N=C(N)O[C@@H]2C[C@@H]21. The van der Waals surface area contributed by atoms with Gasteiger partial charge in [0.25, 0.3) is 18.1 Å². The summed E-state index contributed by atoms with van der Waals surface area (Å²) in [7, 11) is 0. The molecule has 2 aliphatic rings. The number of hydrogen-bond donors (Lipinski definition) is 1. The molecule has 0 unspecified atom stereocenters. The highest BCUT2D eigenvalue weighted by Crippen LogP contribution is 2.56. The molecule has 0 saturated heterocycles. The van der Waals surface area contributed by atoms with Gasteiger partial charge in [0.05, 0.1) is 11.0 Å². The third-order valence-electron chi connectivity index (χ3n) is 4.17. The summed E-state index contributed by atoms with van der Waals surface area (Å²) in [5.41, 5.74) is 2.43. The Hall–Kier alpha value is -2.32. The number of nitrogens with zero attached hydrogens (tertiary/aromatic N) is 2. The van der Waals surface area contributed by atoms with Crippen LogP contribution in [-0.2, 0) is 10.3 Å². The van der Waals surface area contributed by atoms with Crippen LogP contribution in [0.25, 0.3) is 0 Å². The molecule has 0 radical (unpaired) electrons. The zero-order valence-corrected chi connectivity index (χ0v) is 11.4. The van der Waals surface area contributed by atoms with E-state index < -0.39 is 46.4 Å². The lowest BCUT2D eigenvalue weighted by Crippen LogP contribution is -2.43. The molecule has 9 heteroatoms. The van der Waals surface area contributed by atoms with E-state index in [0.29, 0.717) is 6.07 Å². The number of nitro groups is 1. The Bertz CT molecular complexity index is 695. The summed E-state index contributed by atoms with van der Waals surface area (Å²) >= 11 is 0. The van der Waals surface area contributed by atoms with Crippen molar-refractivity contribution in [3.8, 4) is 0 Å². The molecule has 0 spiro atoms. The van der Waals surface area contributed by atoms with E-state index in [4.69, 9.17) is 10.5 Å². The molecule has 1 aliphatic heterocycles. The molecule has 3 rings (SSSR count). The van der Waals surface area contributed by atoms with Crippen molar-refractivity contribution in [1.29, 1.82) is 0 Å². The van der Waals surface area contributed by atoms with E-state index in [0.717, 1.165) is 6.07 Å². The van der Waals surface area contributed by atoms with Crippen LogP contribution in [0.3, 0.4) is 0 Å². The lowest BCUT2D eigenvalue weighted by atomic mass is 9.82. The standard InChI is InChI=1S/C13H12F3N3O3/c1-5-7(2-6(19(20)21)3-9(5)14)13(11(15)16)8-4-10(8)22-12(17)18-13/h2-3,8,10-11H,4H2,1H3,(H2,17,18)/t8-,10+,13+/m0/s1. The Morgan fingerprint density at radius 3 is 2.82 bits per heavy atom. The van der Waals surface area contributed by atoms with Crippen LogP contribution in [0.2, 0.25) is 0 Å². The van der Waals surface area contributed by atoms with Crippen molar-refractivity contribution in [1.82, 2.24) is 0 Å². The minimum Gasteiger partial charge on any atom is -0.462 e. The maximum Gasteiger partial charge on any atom is 0.283 e. The number of nitro benzene ring substituents is 1. The van der Waals surface area contributed by atoms with Crippen LogP contribution in [0, 0.1) is 28.8 Å². The van der Waals surface area contributed by atoms with E-state index in [1.165, 1.54) is 6.92 Å². The summed E-state index contributed by atoms with van der Waals surface area (Å²) in [6, 6.07) is 1.24. The number of fused-ring (bicyclic) bond motifs is 1. The van der Waals surface area contributed by atoms with Crippen LogP contribution in [-0.4, -0.2) is 23.5 Å². The van der Waals surface area contributed by atoms with Gasteiger partial charge >= 0.3 is 0 Å². The van der Waals surface area contributed by atoms with E-state index >= 15 is 0 Å². The lowest BCUT2D eigenvalue weighted by Gasteiger charge is -2.33. The summed E-state index contributed by atoms with van der Waals surface area (Å²) in [5, 5.41) is 10.9. The second-order valence-corrected chi connectivity index (χ2v) is 5.43. The molecule has 1 aliphatic carbocycles. The van der Waals surface area contributed by atoms with Crippen LogP contribution in [0.5, 0.6) is 0 Å². The maximum absolute atomic E-state index is 14.0. The average molecular weight is 315 g/mol. The minimum atomic E-state index is -3.00. The van der Waals surface area contributed by atoms with Gasteiger partial charge in [0.2, 0.25) is 0 Å². The molecule has 3 atom stereocenters. The predicted octanol–water partition coefficient (Wildman–Crippen LogP) is 2.24. The summed E-state index contributed by atoms with van der Waals surface area (Å²) in [6.07, 6.45) is -3.23. The first-order valence-corrected chi connectivity index (χ1v) is 6.52. The van der Waals surface area contributed by atoms with Crippen molar-refractivity contribution in [2.75, 3.05) is 0 Å². The second kappa shape index (κ2) is 4.59. The van der Waals surface area contributed by atoms with Crippen molar-refractivity contribution in [2.24, 2.45) is 16.6 Å². The van der Waals surface area contributed by atoms with Crippen LogP contribution in [0.15, 0.2) is 17.1 Å². The Labute approximate surface area is 122 Å². The molecule has 2 N–H and O–H groups in total. The Morgan fingerprint density at radius 2 is 2.23 bits per heavy atom. The molecule has 1 aromatic rings. The third-order valence-corrected chi connectivity index (χ3v) is 4.17. The fourth-order valence-electron chi connectivity index (χ4n) is 2.99. The van der Waals surface area contributed by atoms with Crippen LogP contribution < -0.4 is 5.73 Å². The van der Waals surface area contributed by atoms with E-state index in [1.807, 2.05) is 0 Å². The number of aliphatic imine (C=N–C) groups is 1. The van der Waals surface area contributed by atoms with Gasteiger partial charge in [0.15, 0.2) is 5.54 Å². The normalized spacial score (nSPS) is 29.6. The molecule has 1 saturated carbocycles. The van der Waals surface area contributed by atoms with Crippen LogP contribution >= 0.6 is 0 Å². The molecule has 1 aromatic carbocycles. The van der Waals surface area contributed by atoms with Crippen molar-refractivity contribution in [3.05, 3.63) is 39.2 Å². The van der Waals surface area contributed by atoms with Gasteiger partial charge in [-0.25, -0.2) is 18.2 Å². The number of rotatable bonds is 3. The first-order valence-electron chi connectivity index (χ1n) is 6.52. The predicted molar refractivity (Wildman–Crippen MR) is 70.1 cm³/mol. The highest BCUT2D eigenvalue weighted by Gasteiger charge is 2.64. The number of benzene rings is 1. The van der Waals surface area contributed by atoms with Crippen molar-refractivity contribution >= 4 is 11.7 Å². The van der Waals surface area contributed by atoms with Crippen LogP contribution in [0.1, 0.15) is 17.5 Å². The Balaban J connectivity index is 2.27. The fraction of sp³-hybridized carbons (Fsp3) is 0.462. The largest absolute Gasteiger partial charge is 0.462 e. The van der Waals surface area contributed by atoms with Gasteiger partial charge in [0.1, 0.15) is 11.9 Å². The van der Waals surface area contributed by atoms with Gasteiger partial charge in [0, 0.05) is 12.0 Å². The number of ether oxygens (including phenoxy) is 1. The lowest BCUT2D eigenvalue weighted by molar-refractivity contribution is -0.385. The molecule has 118 valence electrons. The Morgan fingerprint density at radius 1 is 1.55 bits per heavy atom. The quantitative estimate of drug-likeness (QED) is 0.684. The Kier molecular flexibility index (Phi) is 3.05.